The van der Waals surface area contributed by atoms with Gasteiger partial charge in [-0.3, -0.25) is 4.79 Å². The minimum absolute atomic E-state index is 0.0408. The van der Waals surface area contributed by atoms with Gasteiger partial charge < -0.3 is 20.5 Å². The summed E-state index contributed by atoms with van der Waals surface area (Å²) in [6.07, 6.45) is 2.50. The lowest BCUT2D eigenvalue weighted by molar-refractivity contribution is 0.0955. The van der Waals surface area contributed by atoms with E-state index in [2.05, 4.69) is 27.9 Å². The van der Waals surface area contributed by atoms with Gasteiger partial charge in [0.2, 0.25) is 0 Å². The van der Waals surface area contributed by atoms with Crippen LogP contribution in [-0.4, -0.2) is 36.7 Å². The largest absolute Gasteiger partial charge is 0.370 e. The zero-order valence-corrected chi connectivity index (χ0v) is 12.9. The second kappa shape index (κ2) is 5.02. The summed E-state index contributed by atoms with van der Waals surface area (Å²) in [6, 6.07) is 6.03. The molecule has 0 spiro atoms. The van der Waals surface area contributed by atoms with Gasteiger partial charge in [0.1, 0.15) is 0 Å². The van der Waals surface area contributed by atoms with Crippen LogP contribution in [0.15, 0.2) is 18.2 Å². The third kappa shape index (κ3) is 1.85. The first-order valence-corrected chi connectivity index (χ1v) is 8.06. The fourth-order valence-corrected chi connectivity index (χ4v) is 4.05. The molecule has 1 aromatic carbocycles. The molecule has 0 aliphatic carbocycles. The summed E-state index contributed by atoms with van der Waals surface area (Å²) in [5, 5.41) is 4.06. The predicted octanol–water partition coefficient (Wildman–Crippen LogP) is 1.56. The average molecular weight is 298 g/mol. The monoisotopic (exact) mass is 298 g/mol. The molecule has 0 radical (unpaired) electrons. The van der Waals surface area contributed by atoms with Crippen LogP contribution in [0.3, 0.4) is 0 Å². The number of carbonyl (C=O) groups excluding carboxylic acids is 1. The number of fused-ring (bicyclic) bond motifs is 3. The Hall–Kier alpha value is -2.01. The first kappa shape index (κ1) is 13.6. The van der Waals surface area contributed by atoms with Crippen molar-refractivity contribution in [2.24, 2.45) is 12.8 Å². The molecule has 5 rings (SSSR count). The molecule has 2 bridgehead atoms. The third-order valence-corrected chi connectivity index (χ3v) is 5.11. The van der Waals surface area contributed by atoms with Gasteiger partial charge in [0.25, 0.3) is 5.91 Å². The molecule has 0 saturated carbocycles. The first-order chi connectivity index (χ1) is 10.7. The van der Waals surface area contributed by atoms with Crippen LogP contribution in [0.25, 0.3) is 10.9 Å². The molecule has 1 amide bonds. The van der Waals surface area contributed by atoms with E-state index in [-0.39, 0.29) is 5.91 Å². The van der Waals surface area contributed by atoms with E-state index in [1.807, 2.05) is 12.1 Å². The van der Waals surface area contributed by atoms with Gasteiger partial charge in [0.05, 0.1) is 11.2 Å². The zero-order chi connectivity index (χ0) is 15.3. The Morgan fingerprint density at radius 2 is 2.14 bits per heavy atom. The second-order valence-corrected chi connectivity index (χ2v) is 6.33. The van der Waals surface area contributed by atoms with E-state index in [1.165, 1.54) is 35.1 Å². The van der Waals surface area contributed by atoms with Crippen molar-refractivity contribution in [3.05, 3.63) is 29.5 Å². The highest BCUT2D eigenvalue weighted by atomic mass is 16.1. The number of aromatic nitrogens is 1. The van der Waals surface area contributed by atoms with Crippen molar-refractivity contribution in [1.82, 2.24) is 9.88 Å². The number of rotatable bonds is 3. The Morgan fingerprint density at radius 1 is 1.36 bits per heavy atom. The number of nitrogens with one attached hydrogen (secondary N) is 1. The number of hydrogen-bond acceptors (Lipinski definition) is 3. The van der Waals surface area contributed by atoms with Gasteiger partial charge in [0, 0.05) is 55.8 Å². The highest BCUT2D eigenvalue weighted by molar-refractivity contribution is 6.03. The van der Waals surface area contributed by atoms with E-state index in [0.29, 0.717) is 19.0 Å². The van der Waals surface area contributed by atoms with Crippen LogP contribution in [-0.2, 0) is 7.05 Å². The number of nitrogens with two attached hydrogens (primary N) is 1. The highest BCUT2D eigenvalue weighted by Gasteiger charge is 2.35. The summed E-state index contributed by atoms with van der Waals surface area (Å²) in [7, 11) is 2.15. The molecule has 1 saturated heterocycles. The van der Waals surface area contributed by atoms with Crippen LogP contribution < -0.4 is 16.0 Å². The quantitative estimate of drug-likeness (QED) is 0.904. The van der Waals surface area contributed by atoms with Gasteiger partial charge in [-0.05, 0) is 31.0 Å². The number of carbonyl (C=O) groups is 1. The molecular formula is C17H22N4O. The minimum Gasteiger partial charge on any atom is -0.370 e. The van der Waals surface area contributed by atoms with Crippen LogP contribution in [0.1, 0.15) is 34.8 Å². The molecule has 3 aliphatic heterocycles. The van der Waals surface area contributed by atoms with E-state index >= 15 is 0 Å². The molecule has 116 valence electrons. The lowest BCUT2D eigenvalue weighted by Crippen LogP contribution is -2.39. The second-order valence-electron chi connectivity index (χ2n) is 6.33. The number of piperidine rings is 1. The summed E-state index contributed by atoms with van der Waals surface area (Å²) in [6.45, 7) is 3.25. The molecule has 3 N–H and O–H groups in total. The fraction of sp³-hybridized carbons (Fsp3) is 0.471. The number of hydrogen-bond donors (Lipinski definition) is 2. The van der Waals surface area contributed by atoms with Gasteiger partial charge in [-0.2, -0.15) is 0 Å². The summed E-state index contributed by atoms with van der Waals surface area (Å²) in [4.78, 5) is 14.7. The molecule has 2 aromatic rings. The van der Waals surface area contributed by atoms with Crippen LogP contribution in [0.4, 0.5) is 5.69 Å². The fourth-order valence-electron chi connectivity index (χ4n) is 4.05. The van der Waals surface area contributed by atoms with E-state index in [4.69, 9.17) is 5.73 Å². The summed E-state index contributed by atoms with van der Waals surface area (Å²) in [5.41, 5.74) is 10.2. The van der Waals surface area contributed by atoms with E-state index < -0.39 is 0 Å². The van der Waals surface area contributed by atoms with Crippen molar-refractivity contribution < 1.29 is 4.79 Å². The smallest absolute Gasteiger partial charge is 0.251 e. The maximum Gasteiger partial charge on any atom is 0.251 e. The van der Waals surface area contributed by atoms with Crippen molar-refractivity contribution >= 4 is 22.5 Å². The van der Waals surface area contributed by atoms with Gasteiger partial charge in [0.15, 0.2) is 0 Å². The van der Waals surface area contributed by atoms with Crippen molar-refractivity contribution in [3.63, 3.8) is 0 Å². The molecule has 1 fully saturated rings. The summed E-state index contributed by atoms with van der Waals surface area (Å²) in [5.74, 6) is 0.632. The van der Waals surface area contributed by atoms with Gasteiger partial charge in [-0.15, -0.1) is 0 Å². The van der Waals surface area contributed by atoms with Gasteiger partial charge in [-0.1, -0.05) is 0 Å². The molecule has 0 atom stereocenters. The molecular weight excluding hydrogens is 276 g/mol. The lowest BCUT2D eigenvalue weighted by Gasteiger charge is -2.41. The zero-order valence-electron chi connectivity index (χ0n) is 12.9. The van der Waals surface area contributed by atoms with Gasteiger partial charge >= 0.3 is 0 Å². The molecule has 5 nitrogen and oxygen atoms in total. The van der Waals surface area contributed by atoms with Crippen molar-refractivity contribution in [3.8, 4) is 0 Å². The van der Waals surface area contributed by atoms with Crippen molar-refractivity contribution in [2.45, 2.75) is 18.8 Å². The third-order valence-electron chi connectivity index (χ3n) is 5.11. The SMILES string of the molecule is Cn1c2c(c3cc(C(=O)NCCN)ccc31)N1CCC2CC1. The Morgan fingerprint density at radius 3 is 2.86 bits per heavy atom. The first-order valence-electron chi connectivity index (χ1n) is 8.06. The molecule has 4 heterocycles. The molecule has 3 aliphatic rings. The molecule has 0 unspecified atom stereocenters. The normalized spacial score (nSPS) is 17.1. The Balaban J connectivity index is 1.83. The van der Waals surface area contributed by atoms with Gasteiger partial charge in [-0.25, -0.2) is 0 Å². The molecule has 1 aromatic heterocycles. The van der Waals surface area contributed by atoms with Crippen LogP contribution in [0.2, 0.25) is 0 Å². The maximum absolute atomic E-state index is 12.2. The minimum atomic E-state index is -0.0408. The van der Waals surface area contributed by atoms with Crippen molar-refractivity contribution in [1.29, 1.82) is 0 Å². The van der Waals surface area contributed by atoms with E-state index in [9.17, 15) is 4.79 Å². The Kier molecular flexibility index (Phi) is 3.11. The van der Waals surface area contributed by atoms with E-state index in [1.54, 1.807) is 0 Å². The van der Waals surface area contributed by atoms with Crippen LogP contribution in [0.5, 0.6) is 0 Å². The van der Waals surface area contributed by atoms with Crippen LogP contribution >= 0.6 is 0 Å². The Labute approximate surface area is 130 Å². The topological polar surface area (TPSA) is 63.3 Å². The summed E-state index contributed by atoms with van der Waals surface area (Å²) >= 11 is 0. The number of aryl methyl sites for hydroxylation is 1. The highest BCUT2D eigenvalue weighted by Crippen LogP contribution is 2.47. The number of benzene rings is 1. The molecule has 22 heavy (non-hydrogen) atoms. The standard InChI is InChI=1S/C17H22N4O/c1-20-14-3-2-12(17(22)19-7-6-18)10-13(14)16-15(20)11-4-8-21(16)9-5-11/h2-3,10-11H,4-9,18H2,1H3,(H,19,22). The lowest BCUT2D eigenvalue weighted by atomic mass is 9.87. The number of nitrogens with zero attached hydrogens (tertiary/aromatic N) is 2. The van der Waals surface area contributed by atoms with E-state index in [0.717, 1.165) is 18.7 Å². The number of anilines is 1. The molecule has 5 heteroatoms. The average Bonchev–Trinajstić information content (AvgIpc) is 2.89. The maximum atomic E-state index is 12.2. The number of amides is 1. The predicted molar refractivity (Wildman–Crippen MR) is 88.5 cm³/mol. The van der Waals surface area contributed by atoms with Crippen LogP contribution in [0, 0.1) is 0 Å². The Bertz CT molecular complexity index is 741. The van der Waals surface area contributed by atoms with Crippen molar-refractivity contribution in [2.75, 3.05) is 31.1 Å². The summed E-state index contributed by atoms with van der Waals surface area (Å²) < 4.78 is 2.32.